The molecule has 1 aromatic carbocycles. The maximum absolute atomic E-state index is 4.26. The lowest BCUT2D eigenvalue weighted by Crippen LogP contribution is -1.96. The number of hydrogen-bond donors (Lipinski definition) is 1. The molecule has 3 nitrogen and oxygen atoms in total. The molecule has 0 aliphatic heterocycles. The van der Waals surface area contributed by atoms with E-state index < -0.39 is 0 Å². The minimum Gasteiger partial charge on any atom is -0.372 e. The van der Waals surface area contributed by atoms with Crippen LogP contribution in [0.25, 0.3) is 0 Å². The summed E-state index contributed by atoms with van der Waals surface area (Å²) in [4.78, 5) is 9.52. The van der Waals surface area contributed by atoms with Gasteiger partial charge in [0.1, 0.15) is 17.2 Å². The number of halogens is 2. The number of hydrogen-bond acceptors (Lipinski definition) is 4. The quantitative estimate of drug-likeness (QED) is 0.817. The highest BCUT2D eigenvalue weighted by Crippen LogP contribution is 2.34. The molecule has 0 atom stereocenters. The average molecular weight is 375 g/mol. The molecular weight excluding hydrogens is 366 g/mol. The molecule has 0 saturated heterocycles. The number of aromatic nitrogens is 2. The van der Waals surface area contributed by atoms with E-state index in [0.29, 0.717) is 0 Å². The molecule has 1 aromatic heterocycles. The normalized spacial score (nSPS) is 10.3. The highest BCUT2D eigenvalue weighted by Gasteiger charge is 2.08. The van der Waals surface area contributed by atoms with Crippen LogP contribution in [0.4, 0.5) is 5.82 Å². The lowest BCUT2D eigenvalue weighted by Gasteiger charge is -2.06. The van der Waals surface area contributed by atoms with Gasteiger partial charge in [-0.3, -0.25) is 0 Å². The summed E-state index contributed by atoms with van der Waals surface area (Å²) in [7, 11) is 1.83. The molecule has 0 bridgehead atoms. The van der Waals surface area contributed by atoms with Crippen LogP contribution in [0.3, 0.4) is 0 Å². The van der Waals surface area contributed by atoms with Crippen molar-refractivity contribution in [1.29, 1.82) is 0 Å². The molecule has 0 radical (unpaired) electrons. The molecule has 0 spiro atoms. The van der Waals surface area contributed by atoms with Gasteiger partial charge in [-0.2, -0.15) is 0 Å². The first-order valence-corrected chi connectivity index (χ1v) is 7.22. The monoisotopic (exact) mass is 373 g/mol. The van der Waals surface area contributed by atoms with Gasteiger partial charge in [0.25, 0.3) is 0 Å². The van der Waals surface area contributed by atoms with Gasteiger partial charge in [0.2, 0.25) is 0 Å². The second-order valence-electron chi connectivity index (χ2n) is 3.15. The fourth-order valence-corrected chi connectivity index (χ4v) is 2.91. The van der Waals surface area contributed by atoms with Crippen LogP contribution in [-0.4, -0.2) is 17.0 Å². The average Bonchev–Trinajstić information content (AvgIpc) is 2.35. The molecule has 1 N–H and O–H groups in total. The van der Waals surface area contributed by atoms with Crippen molar-refractivity contribution in [2.75, 3.05) is 12.4 Å². The number of nitrogens with zero attached hydrogens (tertiary/aromatic N) is 2. The second kappa shape index (κ2) is 5.84. The summed E-state index contributed by atoms with van der Waals surface area (Å²) in [5.41, 5.74) is 0. The molecule has 1 heterocycles. The van der Waals surface area contributed by atoms with Crippen LogP contribution in [-0.2, 0) is 0 Å². The van der Waals surface area contributed by atoms with Crippen molar-refractivity contribution in [3.8, 4) is 0 Å². The highest BCUT2D eigenvalue weighted by atomic mass is 79.9. The van der Waals surface area contributed by atoms with E-state index in [1.165, 1.54) is 0 Å². The number of rotatable bonds is 3. The van der Waals surface area contributed by atoms with Crippen LogP contribution < -0.4 is 5.32 Å². The summed E-state index contributed by atoms with van der Waals surface area (Å²) in [6.07, 6.45) is 1.55. The molecule has 0 aliphatic rings. The Bertz CT molecular complexity index is 517. The number of benzene rings is 1. The molecule has 6 heteroatoms. The summed E-state index contributed by atoms with van der Waals surface area (Å²) in [6, 6.07) is 8.11. The third-order valence-electron chi connectivity index (χ3n) is 2.02. The third kappa shape index (κ3) is 3.20. The van der Waals surface area contributed by atoms with E-state index in [2.05, 4.69) is 47.1 Å². The van der Waals surface area contributed by atoms with Crippen LogP contribution in [0, 0.1) is 0 Å². The predicted octanol–water partition coefficient (Wildman–Crippen LogP) is 4.19. The zero-order valence-corrected chi connectivity index (χ0v) is 12.9. The van der Waals surface area contributed by atoms with Crippen LogP contribution in [0.2, 0.25) is 0 Å². The zero-order chi connectivity index (χ0) is 12.3. The van der Waals surface area contributed by atoms with Crippen molar-refractivity contribution in [1.82, 2.24) is 9.97 Å². The fraction of sp³-hybridized carbons (Fsp3) is 0.0909. The summed E-state index contributed by atoms with van der Waals surface area (Å²) in [5, 5.41) is 3.91. The molecule has 0 aliphatic carbocycles. The zero-order valence-electron chi connectivity index (χ0n) is 8.95. The standard InChI is InChI=1S/C11H9Br2N3S/c1-14-10-9(13)11(16-6-15-10)17-8-4-2-7(12)3-5-8/h2-6H,1H3,(H,14,15,16). The Morgan fingerprint density at radius 2 is 1.82 bits per heavy atom. The van der Waals surface area contributed by atoms with Gasteiger partial charge >= 0.3 is 0 Å². The third-order valence-corrected chi connectivity index (χ3v) is 4.58. The molecule has 17 heavy (non-hydrogen) atoms. The molecule has 88 valence electrons. The van der Waals surface area contributed by atoms with Gasteiger partial charge in [0.05, 0.1) is 4.47 Å². The van der Waals surface area contributed by atoms with E-state index in [9.17, 15) is 0 Å². The summed E-state index contributed by atoms with van der Waals surface area (Å²) in [6.45, 7) is 0. The van der Waals surface area contributed by atoms with Crippen molar-refractivity contribution in [3.63, 3.8) is 0 Å². The highest BCUT2D eigenvalue weighted by molar-refractivity contribution is 9.10. The first-order chi connectivity index (χ1) is 8.20. The van der Waals surface area contributed by atoms with E-state index in [1.54, 1.807) is 18.1 Å². The summed E-state index contributed by atoms with van der Waals surface area (Å²) in [5.74, 6) is 0.791. The summed E-state index contributed by atoms with van der Waals surface area (Å²) < 4.78 is 1.95. The van der Waals surface area contributed by atoms with E-state index >= 15 is 0 Å². The number of anilines is 1. The number of nitrogens with one attached hydrogen (secondary N) is 1. The Hall–Kier alpha value is -0.590. The largest absolute Gasteiger partial charge is 0.372 e. The molecule has 0 unspecified atom stereocenters. The van der Waals surface area contributed by atoms with E-state index in [0.717, 1.165) is 24.7 Å². The van der Waals surface area contributed by atoms with Crippen LogP contribution in [0.1, 0.15) is 0 Å². The molecule has 0 fully saturated rings. The SMILES string of the molecule is CNc1ncnc(Sc2ccc(Br)cc2)c1Br. The van der Waals surface area contributed by atoms with Crippen molar-refractivity contribution in [2.45, 2.75) is 9.92 Å². The van der Waals surface area contributed by atoms with Crippen molar-refractivity contribution >= 4 is 49.4 Å². The molecule has 2 aromatic rings. The molecule has 0 saturated carbocycles. The Kier molecular flexibility index (Phi) is 4.42. The van der Waals surface area contributed by atoms with E-state index in [1.807, 2.05) is 31.3 Å². The van der Waals surface area contributed by atoms with Crippen molar-refractivity contribution in [2.24, 2.45) is 0 Å². The van der Waals surface area contributed by atoms with Gasteiger partial charge in [-0.25, -0.2) is 9.97 Å². The first-order valence-electron chi connectivity index (χ1n) is 4.82. The van der Waals surface area contributed by atoms with Crippen LogP contribution in [0.15, 0.2) is 49.5 Å². The molecule has 2 rings (SSSR count). The lowest BCUT2D eigenvalue weighted by atomic mass is 10.4. The molecule has 0 amide bonds. The van der Waals surface area contributed by atoms with Crippen molar-refractivity contribution in [3.05, 3.63) is 39.5 Å². The maximum atomic E-state index is 4.26. The van der Waals surface area contributed by atoms with Crippen LogP contribution in [0.5, 0.6) is 0 Å². The van der Waals surface area contributed by atoms with Gasteiger partial charge in [0.15, 0.2) is 0 Å². The fourth-order valence-electron chi connectivity index (χ4n) is 1.21. The van der Waals surface area contributed by atoms with Gasteiger partial charge in [-0.1, -0.05) is 27.7 Å². The Labute approximate surface area is 121 Å². The van der Waals surface area contributed by atoms with E-state index in [4.69, 9.17) is 0 Å². The molecular formula is C11H9Br2N3S. The minimum atomic E-state index is 0.791. The minimum absolute atomic E-state index is 0.791. The van der Waals surface area contributed by atoms with Gasteiger partial charge in [-0.05, 0) is 40.2 Å². The van der Waals surface area contributed by atoms with Crippen LogP contribution >= 0.6 is 43.6 Å². The van der Waals surface area contributed by atoms with E-state index in [-0.39, 0.29) is 0 Å². The first kappa shape index (κ1) is 12.9. The van der Waals surface area contributed by atoms with Gasteiger partial charge in [0, 0.05) is 16.4 Å². The van der Waals surface area contributed by atoms with Gasteiger partial charge in [-0.15, -0.1) is 0 Å². The Balaban J connectivity index is 2.27. The Morgan fingerprint density at radius 1 is 1.12 bits per heavy atom. The maximum Gasteiger partial charge on any atom is 0.144 e. The van der Waals surface area contributed by atoms with Crippen molar-refractivity contribution < 1.29 is 0 Å². The summed E-state index contributed by atoms with van der Waals surface area (Å²) >= 11 is 8.50. The smallest absolute Gasteiger partial charge is 0.144 e. The second-order valence-corrected chi connectivity index (χ2v) is 5.92. The Morgan fingerprint density at radius 3 is 2.47 bits per heavy atom. The van der Waals surface area contributed by atoms with Gasteiger partial charge < -0.3 is 5.32 Å². The lowest BCUT2D eigenvalue weighted by molar-refractivity contribution is 1.03. The topological polar surface area (TPSA) is 37.8 Å². The predicted molar refractivity (Wildman–Crippen MR) is 77.5 cm³/mol.